The molecule has 0 fully saturated rings. The van der Waals surface area contributed by atoms with Gasteiger partial charge in [-0.25, -0.2) is 4.79 Å². The number of Topliss-reactive ketones (excluding diaryl/α,β-unsaturated/α-hetero) is 1. The van der Waals surface area contributed by atoms with Crippen LogP contribution in [-0.2, 0) is 4.79 Å². The predicted molar refractivity (Wildman–Crippen MR) is 119 cm³/mol. The van der Waals surface area contributed by atoms with Crippen LogP contribution in [0.2, 0.25) is 0 Å². The van der Waals surface area contributed by atoms with Crippen LogP contribution in [0.5, 0.6) is 5.75 Å². The lowest BCUT2D eigenvalue weighted by atomic mass is 10.1. The van der Waals surface area contributed by atoms with Crippen molar-refractivity contribution in [2.24, 2.45) is 5.10 Å². The minimum Gasteiger partial charge on any atom is -0.506 e. The number of rotatable bonds is 5. The van der Waals surface area contributed by atoms with Crippen LogP contribution in [0.4, 0.5) is 5.69 Å². The van der Waals surface area contributed by atoms with E-state index in [0.717, 1.165) is 0 Å². The zero-order valence-electron chi connectivity index (χ0n) is 17.6. The number of ketones is 1. The predicted octanol–water partition coefficient (Wildman–Crippen LogP) is 3.43. The molecule has 8 heteroatoms. The number of carbonyl (C=O) groups excluding carboxylic acids is 2. The summed E-state index contributed by atoms with van der Waals surface area (Å²) in [5.74, 6) is -1.32. The molecular formula is C23H23N3O5. The number of fused-ring (bicyclic) bond motifs is 1. The molecule has 0 saturated carbocycles. The lowest BCUT2D eigenvalue weighted by molar-refractivity contribution is -0.110. The molecule has 1 heterocycles. The maximum atomic E-state index is 13.1. The molecule has 160 valence electrons. The molecular weight excluding hydrogens is 398 g/mol. The number of hydrazone groups is 1. The normalized spacial score (nSPS) is 11.9. The Morgan fingerprint density at radius 3 is 2.45 bits per heavy atom. The zero-order chi connectivity index (χ0) is 22.8. The molecule has 8 nitrogen and oxygen atoms in total. The summed E-state index contributed by atoms with van der Waals surface area (Å²) in [6, 6.07) is 12.8. The SMILES string of the molecule is CC(=O)c1cccc(NC(=O)/C(=N/NC(C)(C)C)c2c(O)c3ccccc3oc2=O)c1. The fraction of sp³-hybridized carbons (Fsp3) is 0.217. The highest BCUT2D eigenvalue weighted by Gasteiger charge is 2.26. The first-order chi connectivity index (χ1) is 14.6. The summed E-state index contributed by atoms with van der Waals surface area (Å²) < 4.78 is 5.29. The van der Waals surface area contributed by atoms with Crippen molar-refractivity contribution in [1.82, 2.24) is 5.43 Å². The first kappa shape index (κ1) is 21.8. The number of amides is 1. The molecule has 3 aromatic rings. The van der Waals surface area contributed by atoms with Gasteiger partial charge >= 0.3 is 5.63 Å². The van der Waals surface area contributed by atoms with E-state index in [4.69, 9.17) is 4.42 Å². The highest BCUT2D eigenvalue weighted by molar-refractivity contribution is 6.49. The molecule has 1 amide bonds. The maximum absolute atomic E-state index is 13.1. The van der Waals surface area contributed by atoms with Crippen molar-refractivity contribution in [2.75, 3.05) is 5.32 Å². The average Bonchev–Trinajstić information content (AvgIpc) is 2.69. The fourth-order valence-corrected chi connectivity index (χ4v) is 2.79. The summed E-state index contributed by atoms with van der Waals surface area (Å²) >= 11 is 0. The van der Waals surface area contributed by atoms with Gasteiger partial charge < -0.3 is 20.3 Å². The van der Waals surface area contributed by atoms with Crippen molar-refractivity contribution >= 4 is 34.1 Å². The molecule has 2 aromatic carbocycles. The topological polar surface area (TPSA) is 121 Å². The molecule has 3 rings (SSSR count). The van der Waals surface area contributed by atoms with Gasteiger partial charge in [0.15, 0.2) is 11.5 Å². The number of benzene rings is 2. The molecule has 0 bridgehead atoms. The van der Waals surface area contributed by atoms with Gasteiger partial charge in [-0.3, -0.25) is 9.59 Å². The Bertz CT molecular complexity index is 1250. The summed E-state index contributed by atoms with van der Waals surface area (Å²) in [5.41, 5.74) is 1.60. The largest absolute Gasteiger partial charge is 0.506 e. The van der Waals surface area contributed by atoms with E-state index in [9.17, 15) is 19.5 Å². The van der Waals surface area contributed by atoms with E-state index < -0.39 is 22.8 Å². The Hall–Kier alpha value is -3.94. The molecule has 0 atom stereocenters. The lowest BCUT2D eigenvalue weighted by Crippen LogP contribution is -2.36. The van der Waals surface area contributed by atoms with Crippen molar-refractivity contribution in [3.63, 3.8) is 0 Å². The van der Waals surface area contributed by atoms with Crippen molar-refractivity contribution in [3.8, 4) is 5.75 Å². The van der Waals surface area contributed by atoms with Crippen LogP contribution in [0.15, 0.2) is 62.8 Å². The first-order valence-electron chi connectivity index (χ1n) is 9.59. The Labute approximate surface area is 178 Å². The smallest absolute Gasteiger partial charge is 0.349 e. The Morgan fingerprint density at radius 2 is 1.77 bits per heavy atom. The Kier molecular flexibility index (Phi) is 5.92. The van der Waals surface area contributed by atoms with Crippen LogP contribution in [-0.4, -0.2) is 28.0 Å². The van der Waals surface area contributed by atoms with E-state index in [0.29, 0.717) is 11.3 Å². The van der Waals surface area contributed by atoms with E-state index in [1.807, 2.05) is 20.8 Å². The second kappa shape index (κ2) is 8.43. The average molecular weight is 421 g/mol. The van der Waals surface area contributed by atoms with Crippen LogP contribution in [0.1, 0.15) is 43.6 Å². The van der Waals surface area contributed by atoms with Gasteiger partial charge in [-0.2, -0.15) is 5.10 Å². The van der Waals surface area contributed by atoms with Crippen LogP contribution in [0.3, 0.4) is 0 Å². The number of anilines is 1. The highest BCUT2D eigenvalue weighted by Crippen LogP contribution is 2.27. The number of hydrogen-bond donors (Lipinski definition) is 3. The van der Waals surface area contributed by atoms with Crippen molar-refractivity contribution in [1.29, 1.82) is 0 Å². The van der Waals surface area contributed by atoms with Crippen molar-refractivity contribution in [2.45, 2.75) is 33.2 Å². The van der Waals surface area contributed by atoms with Crippen molar-refractivity contribution < 1.29 is 19.1 Å². The van der Waals surface area contributed by atoms with Gasteiger partial charge in [0.1, 0.15) is 16.9 Å². The number of para-hydroxylation sites is 1. The van der Waals surface area contributed by atoms with E-state index in [-0.39, 0.29) is 28.0 Å². The van der Waals surface area contributed by atoms with Gasteiger partial charge in [0.25, 0.3) is 5.91 Å². The summed E-state index contributed by atoms with van der Waals surface area (Å²) in [6.45, 7) is 6.89. The third-order valence-electron chi connectivity index (χ3n) is 4.27. The van der Waals surface area contributed by atoms with E-state index in [1.54, 1.807) is 36.4 Å². The molecule has 0 aliphatic carbocycles. The van der Waals surface area contributed by atoms with Gasteiger partial charge in [-0.1, -0.05) is 24.3 Å². The second-order valence-electron chi connectivity index (χ2n) is 8.02. The zero-order valence-corrected chi connectivity index (χ0v) is 17.6. The van der Waals surface area contributed by atoms with Crippen LogP contribution in [0, 0.1) is 0 Å². The molecule has 0 saturated heterocycles. The summed E-state index contributed by atoms with van der Waals surface area (Å²) in [5, 5.41) is 17.8. The minimum atomic E-state index is -0.904. The molecule has 31 heavy (non-hydrogen) atoms. The lowest BCUT2D eigenvalue weighted by Gasteiger charge is -2.19. The molecule has 0 spiro atoms. The second-order valence-corrected chi connectivity index (χ2v) is 8.02. The summed E-state index contributed by atoms with van der Waals surface area (Å²) in [7, 11) is 0. The number of hydrogen-bond acceptors (Lipinski definition) is 7. The Morgan fingerprint density at radius 1 is 1.06 bits per heavy atom. The third kappa shape index (κ3) is 4.98. The summed E-state index contributed by atoms with van der Waals surface area (Å²) in [6.07, 6.45) is 0. The van der Waals surface area contributed by atoms with Crippen LogP contribution in [0.25, 0.3) is 11.0 Å². The molecule has 0 aliphatic rings. The van der Waals surface area contributed by atoms with Crippen LogP contribution >= 0.6 is 0 Å². The van der Waals surface area contributed by atoms with E-state index >= 15 is 0 Å². The van der Waals surface area contributed by atoms with E-state index in [1.165, 1.54) is 19.1 Å². The molecule has 3 N–H and O–H groups in total. The number of aromatic hydroxyl groups is 1. The number of nitrogens with one attached hydrogen (secondary N) is 2. The van der Waals surface area contributed by atoms with Crippen LogP contribution < -0.4 is 16.4 Å². The third-order valence-corrected chi connectivity index (χ3v) is 4.27. The molecule has 0 radical (unpaired) electrons. The van der Waals surface area contributed by atoms with Gasteiger partial charge in [0.05, 0.1) is 5.39 Å². The van der Waals surface area contributed by atoms with Gasteiger partial charge in [-0.15, -0.1) is 0 Å². The molecule has 0 unspecified atom stereocenters. The number of carbonyl (C=O) groups is 2. The van der Waals surface area contributed by atoms with Gasteiger partial charge in [0.2, 0.25) is 0 Å². The van der Waals surface area contributed by atoms with E-state index in [2.05, 4.69) is 15.8 Å². The van der Waals surface area contributed by atoms with Gasteiger partial charge in [-0.05, 0) is 52.0 Å². The standard InChI is InChI=1S/C23H23N3O5/c1-13(27)14-8-7-9-15(12-14)24-21(29)19(25-26-23(2,3)4)18-20(28)16-10-5-6-11-17(16)31-22(18)30/h5-12,26,28H,1-4H3,(H,24,29)/b25-19+. The monoisotopic (exact) mass is 421 g/mol. The quantitative estimate of drug-likeness (QED) is 0.251. The molecule has 0 aliphatic heterocycles. The number of nitrogens with zero attached hydrogens (tertiary/aromatic N) is 1. The van der Waals surface area contributed by atoms with Gasteiger partial charge in [0, 0.05) is 16.8 Å². The van der Waals surface area contributed by atoms with Crippen molar-refractivity contribution in [3.05, 3.63) is 70.1 Å². The first-order valence-corrected chi connectivity index (χ1v) is 9.59. The minimum absolute atomic E-state index is 0.160. The summed E-state index contributed by atoms with van der Waals surface area (Å²) in [4.78, 5) is 37.4. The Balaban J connectivity index is 2.11. The highest BCUT2D eigenvalue weighted by atomic mass is 16.4. The fourth-order valence-electron chi connectivity index (χ4n) is 2.79. The molecule has 1 aromatic heterocycles. The maximum Gasteiger partial charge on any atom is 0.349 e.